The molecule has 1 atom stereocenters. The summed E-state index contributed by atoms with van der Waals surface area (Å²) < 4.78 is 33.0. The third kappa shape index (κ3) is 4.39. The molecule has 3 heterocycles. The number of aromatic nitrogens is 4. The highest BCUT2D eigenvalue weighted by Gasteiger charge is 2.21. The first kappa shape index (κ1) is 22.3. The van der Waals surface area contributed by atoms with Crippen molar-refractivity contribution in [2.45, 2.75) is 26.3 Å². The molecule has 1 aliphatic rings. The second kappa shape index (κ2) is 9.32. The van der Waals surface area contributed by atoms with Crippen LogP contribution in [0.3, 0.4) is 0 Å². The fraction of sp³-hybridized carbons (Fsp3) is 0.208. The molecule has 170 valence electrons. The van der Waals surface area contributed by atoms with Gasteiger partial charge in [0.25, 0.3) is 5.56 Å². The number of rotatable bonds is 3. The highest BCUT2D eigenvalue weighted by molar-refractivity contribution is 5.54. The molecule has 9 heteroatoms. The molecule has 0 aliphatic carbocycles. The van der Waals surface area contributed by atoms with E-state index in [2.05, 4.69) is 15.0 Å². The lowest BCUT2D eigenvalue weighted by atomic mass is 10.0. The SMILES string of the molecule is Cc1cn(-c2ccc(/C=c3\[nH]c4n(c3=O)[C@@H](c3ccc(F)cc3)CCN=4)cc2C)cn1.FF. The van der Waals surface area contributed by atoms with Gasteiger partial charge in [-0.15, -0.1) is 0 Å². The van der Waals surface area contributed by atoms with E-state index in [1.165, 1.54) is 12.1 Å². The average molecular weight is 453 g/mol. The van der Waals surface area contributed by atoms with E-state index in [1.807, 2.05) is 48.9 Å². The molecule has 0 unspecified atom stereocenters. The minimum absolute atomic E-state index is 0.125. The molecule has 2 aromatic heterocycles. The Labute approximate surface area is 187 Å². The summed E-state index contributed by atoms with van der Waals surface area (Å²) in [5, 5.41) is 0.485. The number of fused-ring (bicyclic) bond motifs is 1. The number of H-pyrrole nitrogens is 1. The number of benzene rings is 2. The van der Waals surface area contributed by atoms with Crippen molar-refractivity contribution in [2.24, 2.45) is 4.99 Å². The van der Waals surface area contributed by atoms with E-state index in [4.69, 9.17) is 9.15 Å². The lowest BCUT2D eigenvalue weighted by Gasteiger charge is -2.20. The standard InChI is InChI=1S/C24H22FN5O.F2/c1-15-11-17(3-8-21(15)29-13-16(2)27-14-29)12-20-23(31)30-22(9-10-26-24(30)28-20)18-4-6-19(25)7-5-18;1-2/h3-8,11-14,22H,9-10H2,1-2H3,(H,26,28);/b20-12-;/t22-;/m1./s1. The van der Waals surface area contributed by atoms with E-state index in [0.717, 1.165) is 28.1 Å². The fourth-order valence-electron chi connectivity index (χ4n) is 4.16. The number of hydrogen-bond donors (Lipinski definition) is 1. The van der Waals surface area contributed by atoms with Crippen LogP contribution in [0.25, 0.3) is 11.8 Å². The van der Waals surface area contributed by atoms with Crippen LogP contribution in [0.5, 0.6) is 0 Å². The molecule has 0 radical (unpaired) electrons. The Balaban J connectivity index is 0.00000126. The summed E-state index contributed by atoms with van der Waals surface area (Å²) in [5.74, 6) is -0.287. The number of halogens is 3. The first-order valence-corrected chi connectivity index (χ1v) is 10.4. The third-order valence-electron chi connectivity index (χ3n) is 5.68. The zero-order chi connectivity index (χ0) is 23.5. The van der Waals surface area contributed by atoms with E-state index in [0.29, 0.717) is 23.9 Å². The Morgan fingerprint density at radius 1 is 1.12 bits per heavy atom. The molecule has 2 aromatic carbocycles. The number of imidazole rings is 2. The second-order valence-electron chi connectivity index (χ2n) is 7.89. The first-order valence-electron chi connectivity index (χ1n) is 10.4. The molecule has 0 amide bonds. The van der Waals surface area contributed by atoms with Crippen molar-refractivity contribution < 1.29 is 13.5 Å². The van der Waals surface area contributed by atoms with Gasteiger partial charge in [-0.2, -0.15) is 0 Å². The quantitative estimate of drug-likeness (QED) is 0.517. The van der Waals surface area contributed by atoms with Gasteiger partial charge >= 0.3 is 0 Å². The highest BCUT2D eigenvalue weighted by atomic mass is 20.0. The lowest BCUT2D eigenvalue weighted by Crippen LogP contribution is -2.37. The molecule has 0 saturated carbocycles. The molecule has 5 rings (SSSR count). The van der Waals surface area contributed by atoms with Gasteiger partial charge in [0.2, 0.25) is 5.62 Å². The van der Waals surface area contributed by atoms with Crippen LogP contribution in [0.4, 0.5) is 13.5 Å². The fourth-order valence-corrected chi connectivity index (χ4v) is 4.16. The molecule has 1 aliphatic heterocycles. The molecule has 6 nitrogen and oxygen atoms in total. The van der Waals surface area contributed by atoms with E-state index < -0.39 is 0 Å². The van der Waals surface area contributed by atoms with E-state index in [1.54, 1.807) is 23.0 Å². The van der Waals surface area contributed by atoms with Crippen molar-refractivity contribution in [1.29, 1.82) is 0 Å². The number of aromatic amines is 1. The normalized spacial score (nSPS) is 15.4. The summed E-state index contributed by atoms with van der Waals surface area (Å²) in [6.45, 7) is 4.60. The maximum atomic E-state index is 13.3. The molecule has 0 bridgehead atoms. The van der Waals surface area contributed by atoms with Crippen LogP contribution >= 0.6 is 0 Å². The van der Waals surface area contributed by atoms with Gasteiger partial charge in [-0.1, -0.05) is 18.2 Å². The largest absolute Gasteiger partial charge is 0.321 e. The van der Waals surface area contributed by atoms with Gasteiger partial charge in [-0.05, 0) is 67.3 Å². The highest BCUT2D eigenvalue weighted by Crippen LogP contribution is 2.21. The van der Waals surface area contributed by atoms with Crippen molar-refractivity contribution in [1.82, 2.24) is 19.1 Å². The van der Waals surface area contributed by atoms with E-state index >= 15 is 0 Å². The molecule has 0 fully saturated rings. The van der Waals surface area contributed by atoms with Crippen LogP contribution in [-0.2, 0) is 0 Å². The van der Waals surface area contributed by atoms with Gasteiger partial charge < -0.3 is 9.55 Å². The summed E-state index contributed by atoms with van der Waals surface area (Å²) >= 11 is 0. The van der Waals surface area contributed by atoms with Crippen LogP contribution < -0.4 is 16.5 Å². The van der Waals surface area contributed by atoms with Crippen molar-refractivity contribution in [2.75, 3.05) is 6.54 Å². The predicted octanol–water partition coefficient (Wildman–Crippen LogP) is 3.40. The van der Waals surface area contributed by atoms with Gasteiger partial charge in [-0.25, -0.2) is 9.37 Å². The maximum absolute atomic E-state index is 13.3. The van der Waals surface area contributed by atoms with Crippen LogP contribution in [-0.4, -0.2) is 25.6 Å². The van der Waals surface area contributed by atoms with Crippen molar-refractivity contribution in [3.63, 3.8) is 0 Å². The lowest BCUT2D eigenvalue weighted by molar-refractivity contribution is 0.108. The molecular formula is C24H22F3N5O. The van der Waals surface area contributed by atoms with Gasteiger partial charge in [0.05, 0.1) is 18.1 Å². The third-order valence-corrected chi connectivity index (χ3v) is 5.68. The number of nitrogens with zero attached hydrogens (tertiary/aromatic N) is 4. The minimum atomic E-state index is -0.287. The van der Waals surface area contributed by atoms with E-state index in [-0.39, 0.29) is 17.4 Å². The summed E-state index contributed by atoms with van der Waals surface area (Å²) in [5.41, 5.74) is 5.34. The number of nitrogens with one attached hydrogen (secondary N) is 1. The molecule has 4 aromatic rings. The Morgan fingerprint density at radius 3 is 2.55 bits per heavy atom. The average Bonchev–Trinajstić information content (AvgIpc) is 3.39. The Bertz CT molecular complexity index is 1450. The summed E-state index contributed by atoms with van der Waals surface area (Å²) in [6.07, 6.45) is 6.33. The van der Waals surface area contributed by atoms with Crippen LogP contribution in [0.15, 0.2) is 64.8 Å². The van der Waals surface area contributed by atoms with Crippen LogP contribution in [0.2, 0.25) is 0 Å². The molecular weight excluding hydrogens is 431 g/mol. The van der Waals surface area contributed by atoms with Crippen molar-refractivity contribution >= 4 is 6.08 Å². The van der Waals surface area contributed by atoms with Crippen LogP contribution in [0.1, 0.15) is 34.8 Å². The zero-order valence-corrected chi connectivity index (χ0v) is 18.1. The monoisotopic (exact) mass is 453 g/mol. The molecule has 0 spiro atoms. The summed E-state index contributed by atoms with van der Waals surface area (Å²) in [4.78, 5) is 25.1. The second-order valence-corrected chi connectivity index (χ2v) is 7.89. The van der Waals surface area contributed by atoms with Crippen molar-refractivity contribution in [3.8, 4) is 5.69 Å². The van der Waals surface area contributed by atoms with Gasteiger partial charge in [0, 0.05) is 27.6 Å². The Kier molecular flexibility index (Phi) is 6.30. The number of aryl methyl sites for hydroxylation is 2. The van der Waals surface area contributed by atoms with Crippen molar-refractivity contribution in [3.05, 3.63) is 105 Å². The van der Waals surface area contributed by atoms with Gasteiger partial charge in [-0.3, -0.25) is 14.4 Å². The molecule has 1 N–H and O–H groups in total. The van der Waals surface area contributed by atoms with Crippen LogP contribution in [0, 0.1) is 19.7 Å². The first-order chi connectivity index (χ1) is 16.0. The van der Waals surface area contributed by atoms with Gasteiger partial charge in [0.1, 0.15) is 11.2 Å². The Morgan fingerprint density at radius 2 is 1.88 bits per heavy atom. The Hall–Kier alpha value is -3.88. The van der Waals surface area contributed by atoms with E-state index in [9.17, 15) is 9.18 Å². The smallest absolute Gasteiger partial charge is 0.277 e. The summed E-state index contributed by atoms with van der Waals surface area (Å²) in [7, 11) is 0. The molecule has 33 heavy (non-hydrogen) atoms. The predicted molar refractivity (Wildman–Crippen MR) is 119 cm³/mol. The van der Waals surface area contributed by atoms with Gasteiger partial charge in [0.15, 0.2) is 0 Å². The zero-order valence-electron chi connectivity index (χ0n) is 18.1. The maximum Gasteiger partial charge on any atom is 0.277 e. The minimum Gasteiger partial charge on any atom is -0.321 e. The topological polar surface area (TPSA) is 68.0 Å². The number of hydrogen-bond acceptors (Lipinski definition) is 3. The molecule has 0 saturated heterocycles. The summed E-state index contributed by atoms with van der Waals surface area (Å²) in [6, 6.07) is 12.2.